The lowest BCUT2D eigenvalue weighted by molar-refractivity contribution is -0.137. The van der Waals surface area contributed by atoms with Gasteiger partial charge in [-0.3, -0.25) is 4.79 Å². The van der Waals surface area contributed by atoms with Crippen molar-refractivity contribution in [3.63, 3.8) is 0 Å². The molecule has 0 spiro atoms. The lowest BCUT2D eigenvalue weighted by atomic mass is 9.94. The highest BCUT2D eigenvalue weighted by atomic mass is 19.4. The predicted molar refractivity (Wildman–Crippen MR) is 98.5 cm³/mol. The minimum atomic E-state index is -4.46. The van der Waals surface area contributed by atoms with E-state index in [4.69, 9.17) is 4.42 Å². The molecule has 0 aliphatic heterocycles. The number of benzene rings is 2. The zero-order valence-electron chi connectivity index (χ0n) is 15.0. The SMILES string of the molecule is C=CC(=O)NCc1cc(-c2ccc(C(F)(F)F)cc2)c2ncoc2c1C(O)CO. The van der Waals surface area contributed by atoms with Gasteiger partial charge in [-0.2, -0.15) is 13.2 Å². The van der Waals surface area contributed by atoms with Gasteiger partial charge in [0.05, 0.1) is 12.2 Å². The van der Waals surface area contributed by atoms with Crippen molar-refractivity contribution in [2.45, 2.75) is 18.8 Å². The van der Waals surface area contributed by atoms with Gasteiger partial charge >= 0.3 is 6.18 Å². The molecule has 0 bridgehead atoms. The highest BCUT2D eigenvalue weighted by molar-refractivity contribution is 5.94. The monoisotopic (exact) mass is 406 g/mol. The first-order valence-electron chi connectivity index (χ1n) is 8.52. The van der Waals surface area contributed by atoms with Crippen molar-refractivity contribution in [1.29, 1.82) is 0 Å². The van der Waals surface area contributed by atoms with Crippen LogP contribution >= 0.6 is 0 Å². The largest absolute Gasteiger partial charge is 0.443 e. The summed E-state index contributed by atoms with van der Waals surface area (Å²) in [6.07, 6.45) is -3.55. The summed E-state index contributed by atoms with van der Waals surface area (Å²) >= 11 is 0. The van der Waals surface area contributed by atoms with Crippen LogP contribution in [0.15, 0.2) is 53.8 Å². The third-order valence-electron chi connectivity index (χ3n) is 4.40. The minimum Gasteiger partial charge on any atom is -0.443 e. The number of aliphatic hydroxyl groups is 2. The molecule has 3 N–H and O–H groups in total. The summed E-state index contributed by atoms with van der Waals surface area (Å²) in [5.74, 6) is -0.455. The Balaban J connectivity index is 2.16. The van der Waals surface area contributed by atoms with Crippen molar-refractivity contribution in [3.8, 4) is 11.1 Å². The van der Waals surface area contributed by atoms with Crippen molar-refractivity contribution >= 4 is 17.0 Å². The first-order chi connectivity index (χ1) is 13.8. The van der Waals surface area contributed by atoms with Crippen LogP contribution in [0.1, 0.15) is 22.8 Å². The number of nitrogens with one attached hydrogen (secondary N) is 1. The summed E-state index contributed by atoms with van der Waals surface area (Å²) in [5.41, 5.74) is 1.25. The number of amides is 1. The maximum Gasteiger partial charge on any atom is 0.416 e. The van der Waals surface area contributed by atoms with Crippen LogP contribution in [0.4, 0.5) is 13.2 Å². The quantitative estimate of drug-likeness (QED) is 0.546. The van der Waals surface area contributed by atoms with Gasteiger partial charge in [-0.1, -0.05) is 18.7 Å². The van der Waals surface area contributed by atoms with E-state index in [0.29, 0.717) is 22.2 Å². The average molecular weight is 406 g/mol. The van der Waals surface area contributed by atoms with Gasteiger partial charge in [-0.25, -0.2) is 4.98 Å². The standard InChI is InChI=1S/C20H17F3N2O4/c1-2-16(28)24-8-12-7-14(11-3-5-13(6-4-11)20(21,22)23)18-19(29-10-25-18)17(12)15(27)9-26/h2-7,10,15,26-27H,1,8-9H2,(H,24,28). The molecule has 2 aromatic carbocycles. The van der Waals surface area contributed by atoms with Crippen LogP contribution in [0.3, 0.4) is 0 Å². The van der Waals surface area contributed by atoms with Gasteiger partial charge in [0.25, 0.3) is 0 Å². The second kappa shape index (κ2) is 8.06. The van der Waals surface area contributed by atoms with E-state index in [-0.39, 0.29) is 17.7 Å². The fourth-order valence-electron chi connectivity index (χ4n) is 3.01. The van der Waals surface area contributed by atoms with Gasteiger partial charge in [0, 0.05) is 17.7 Å². The topological polar surface area (TPSA) is 95.6 Å². The third kappa shape index (κ3) is 4.15. The first kappa shape index (κ1) is 20.6. The number of carbonyl (C=O) groups is 1. The molecule has 0 fully saturated rings. The summed E-state index contributed by atoms with van der Waals surface area (Å²) in [6, 6.07) is 6.11. The number of halogens is 3. The number of aliphatic hydroxyl groups excluding tert-OH is 2. The Bertz CT molecular complexity index is 1040. The molecule has 1 aromatic heterocycles. The van der Waals surface area contributed by atoms with Crippen molar-refractivity contribution < 1.29 is 32.6 Å². The van der Waals surface area contributed by atoms with E-state index in [1.807, 2.05) is 0 Å². The molecule has 1 unspecified atom stereocenters. The predicted octanol–water partition coefficient (Wildman–Crippen LogP) is 3.34. The zero-order chi connectivity index (χ0) is 21.2. The molecule has 6 nitrogen and oxygen atoms in total. The van der Waals surface area contributed by atoms with E-state index >= 15 is 0 Å². The van der Waals surface area contributed by atoms with Gasteiger partial charge in [0.1, 0.15) is 11.6 Å². The second-order valence-electron chi connectivity index (χ2n) is 6.22. The lowest BCUT2D eigenvalue weighted by Crippen LogP contribution is -2.22. The summed E-state index contributed by atoms with van der Waals surface area (Å²) in [6.45, 7) is 2.73. The number of hydrogen-bond acceptors (Lipinski definition) is 5. The Morgan fingerprint density at radius 1 is 1.31 bits per heavy atom. The molecule has 0 aliphatic rings. The van der Waals surface area contributed by atoms with Crippen molar-refractivity contribution in [1.82, 2.24) is 10.3 Å². The Morgan fingerprint density at radius 2 is 2.00 bits per heavy atom. The zero-order valence-corrected chi connectivity index (χ0v) is 15.0. The summed E-state index contributed by atoms with van der Waals surface area (Å²) in [4.78, 5) is 15.7. The van der Waals surface area contributed by atoms with Crippen molar-refractivity contribution in [2.75, 3.05) is 6.61 Å². The number of hydrogen-bond donors (Lipinski definition) is 3. The highest BCUT2D eigenvalue weighted by Crippen LogP contribution is 2.37. The maximum atomic E-state index is 12.9. The maximum absolute atomic E-state index is 12.9. The molecule has 1 amide bonds. The second-order valence-corrected chi connectivity index (χ2v) is 6.22. The van der Waals surface area contributed by atoms with E-state index in [1.54, 1.807) is 6.07 Å². The van der Waals surface area contributed by atoms with Crippen LogP contribution in [-0.2, 0) is 17.5 Å². The molecule has 0 saturated carbocycles. The molecule has 152 valence electrons. The van der Waals surface area contributed by atoms with Crippen LogP contribution in [-0.4, -0.2) is 27.7 Å². The Labute approximate surface area is 163 Å². The van der Waals surface area contributed by atoms with Crippen LogP contribution in [0.5, 0.6) is 0 Å². The Hall–Kier alpha value is -3.17. The first-order valence-corrected chi connectivity index (χ1v) is 8.52. The van der Waals surface area contributed by atoms with E-state index in [1.165, 1.54) is 12.1 Å². The Morgan fingerprint density at radius 3 is 2.59 bits per heavy atom. The molecule has 0 radical (unpaired) electrons. The smallest absolute Gasteiger partial charge is 0.416 e. The third-order valence-corrected chi connectivity index (χ3v) is 4.40. The summed E-state index contributed by atoms with van der Waals surface area (Å²) < 4.78 is 43.9. The molecular weight excluding hydrogens is 389 g/mol. The molecule has 1 atom stereocenters. The van der Waals surface area contributed by atoms with Gasteiger partial charge in [-0.15, -0.1) is 0 Å². The Kier molecular flexibility index (Phi) is 5.71. The van der Waals surface area contributed by atoms with Crippen molar-refractivity contribution in [2.24, 2.45) is 0 Å². The molecule has 3 rings (SSSR count). The van der Waals surface area contributed by atoms with Gasteiger partial charge in [-0.05, 0) is 35.4 Å². The van der Waals surface area contributed by atoms with E-state index in [0.717, 1.165) is 24.6 Å². The molecule has 9 heteroatoms. The minimum absolute atomic E-state index is 0.0263. The van der Waals surface area contributed by atoms with Crippen LogP contribution in [0.2, 0.25) is 0 Å². The van der Waals surface area contributed by atoms with Crippen molar-refractivity contribution in [3.05, 3.63) is 66.1 Å². The lowest BCUT2D eigenvalue weighted by Gasteiger charge is -2.17. The normalized spacial score (nSPS) is 12.7. The van der Waals surface area contributed by atoms with E-state index in [2.05, 4.69) is 16.9 Å². The molecule has 0 aliphatic carbocycles. The van der Waals surface area contributed by atoms with Crippen LogP contribution in [0, 0.1) is 0 Å². The molecule has 0 saturated heterocycles. The van der Waals surface area contributed by atoms with Gasteiger partial charge < -0.3 is 19.9 Å². The number of rotatable bonds is 6. The number of alkyl halides is 3. The van der Waals surface area contributed by atoms with Gasteiger partial charge in [0.15, 0.2) is 12.0 Å². The van der Waals surface area contributed by atoms with Crippen LogP contribution < -0.4 is 5.32 Å². The summed E-state index contributed by atoms with van der Waals surface area (Å²) in [5, 5.41) is 22.2. The average Bonchev–Trinajstić information content (AvgIpc) is 3.19. The molecule has 1 heterocycles. The fraction of sp³-hybridized carbons (Fsp3) is 0.200. The number of aromatic nitrogens is 1. The number of carbonyl (C=O) groups excluding carboxylic acids is 1. The fourth-order valence-corrected chi connectivity index (χ4v) is 3.01. The summed E-state index contributed by atoms with van der Waals surface area (Å²) in [7, 11) is 0. The number of oxazole rings is 1. The number of nitrogens with zero attached hydrogens (tertiary/aromatic N) is 1. The highest BCUT2D eigenvalue weighted by Gasteiger charge is 2.30. The van der Waals surface area contributed by atoms with Crippen LogP contribution in [0.25, 0.3) is 22.2 Å². The van der Waals surface area contributed by atoms with E-state index in [9.17, 15) is 28.2 Å². The van der Waals surface area contributed by atoms with E-state index < -0.39 is 30.4 Å². The van der Waals surface area contributed by atoms with Gasteiger partial charge in [0.2, 0.25) is 5.91 Å². The molecule has 29 heavy (non-hydrogen) atoms. The molecular formula is C20H17F3N2O4. The number of fused-ring (bicyclic) bond motifs is 1. The molecule has 3 aromatic rings.